The summed E-state index contributed by atoms with van der Waals surface area (Å²) in [5, 5.41) is 8.63. The van der Waals surface area contributed by atoms with Gasteiger partial charge in [0.1, 0.15) is 19.0 Å². The average Bonchev–Trinajstić information content (AvgIpc) is 2.27. The highest BCUT2D eigenvalue weighted by atomic mass is 19.4. The van der Waals surface area contributed by atoms with Crippen LogP contribution in [0.15, 0.2) is 24.3 Å². The topological polar surface area (TPSA) is 55.8 Å². The number of aromatic carboxylic acids is 1. The second kappa shape index (κ2) is 6.25. The number of carbonyl (C=O) groups is 1. The van der Waals surface area contributed by atoms with E-state index in [2.05, 4.69) is 4.74 Å². The van der Waals surface area contributed by atoms with Gasteiger partial charge in [0, 0.05) is 0 Å². The summed E-state index contributed by atoms with van der Waals surface area (Å²) in [4.78, 5) is 10.5. The molecule has 0 unspecified atom stereocenters. The normalized spacial score (nSPS) is 11.3. The maximum Gasteiger partial charge on any atom is 0.411 e. The van der Waals surface area contributed by atoms with Gasteiger partial charge in [0.05, 0.1) is 12.2 Å². The van der Waals surface area contributed by atoms with Gasteiger partial charge in [-0.1, -0.05) is 0 Å². The maximum absolute atomic E-state index is 11.7. The minimum Gasteiger partial charge on any atom is -0.491 e. The van der Waals surface area contributed by atoms with Gasteiger partial charge in [-0.2, -0.15) is 13.2 Å². The molecular weight excluding hydrogens is 253 g/mol. The van der Waals surface area contributed by atoms with Crippen molar-refractivity contribution in [1.29, 1.82) is 0 Å². The molecule has 1 N–H and O–H groups in total. The monoisotopic (exact) mass is 264 g/mol. The van der Waals surface area contributed by atoms with Crippen LogP contribution in [0.3, 0.4) is 0 Å². The van der Waals surface area contributed by atoms with E-state index in [1.165, 1.54) is 24.3 Å². The van der Waals surface area contributed by atoms with E-state index in [4.69, 9.17) is 9.84 Å². The summed E-state index contributed by atoms with van der Waals surface area (Å²) in [5.41, 5.74) is 0.107. The summed E-state index contributed by atoms with van der Waals surface area (Å²) in [6.07, 6.45) is -4.34. The number of alkyl halides is 3. The minimum atomic E-state index is -4.34. The summed E-state index contributed by atoms with van der Waals surface area (Å²) >= 11 is 0. The molecule has 0 radical (unpaired) electrons. The van der Waals surface area contributed by atoms with Crippen molar-refractivity contribution in [1.82, 2.24) is 0 Å². The minimum absolute atomic E-state index is 0.0392. The van der Waals surface area contributed by atoms with Crippen molar-refractivity contribution in [2.45, 2.75) is 6.18 Å². The van der Waals surface area contributed by atoms with Crippen LogP contribution in [0, 0.1) is 0 Å². The molecule has 0 aliphatic heterocycles. The number of hydrogen-bond acceptors (Lipinski definition) is 3. The fraction of sp³-hybridized carbons (Fsp3) is 0.364. The molecule has 1 rings (SSSR count). The Morgan fingerprint density at radius 1 is 1.17 bits per heavy atom. The number of carboxylic acid groups (broad SMARTS) is 1. The Morgan fingerprint density at radius 3 is 2.28 bits per heavy atom. The van der Waals surface area contributed by atoms with Crippen LogP contribution in [0.25, 0.3) is 0 Å². The number of benzene rings is 1. The molecule has 18 heavy (non-hydrogen) atoms. The molecule has 1 aromatic rings. The van der Waals surface area contributed by atoms with E-state index < -0.39 is 18.8 Å². The Labute approximate surface area is 101 Å². The van der Waals surface area contributed by atoms with Gasteiger partial charge in [0.15, 0.2) is 0 Å². The van der Waals surface area contributed by atoms with Gasteiger partial charge in [-0.15, -0.1) is 0 Å². The predicted octanol–water partition coefficient (Wildman–Crippen LogP) is 2.34. The first-order valence-electron chi connectivity index (χ1n) is 4.99. The standard InChI is InChI=1S/C11H11F3O4/c12-11(13,14)7-17-5-6-18-9-3-1-8(2-4-9)10(15)16/h1-4H,5-7H2,(H,15,16). The molecule has 1 aromatic carbocycles. The Balaban J connectivity index is 2.25. The number of carboxylic acids is 1. The number of ether oxygens (including phenoxy) is 2. The molecule has 4 nitrogen and oxygen atoms in total. The van der Waals surface area contributed by atoms with Crippen LogP contribution in [0.4, 0.5) is 13.2 Å². The number of halogens is 3. The first-order chi connectivity index (χ1) is 8.38. The predicted molar refractivity (Wildman–Crippen MR) is 55.8 cm³/mol. The van der Waals surface area contributed by atoms with Crippen molar-refractivity contribution in [2.24, 2.45) is 0 Å². The second-order valence-electron chi connectivity index (χ2n) is 3.35. The van der Waals surface area contributed by atoms with E-state index in [0.29, 0.717) is 5.75 Å². The average molecular weight is 264 g/mol. The van der Waals surface area contributed by atoms with Crippen molar-refractivity contribution >= 4 is 5.97 Å². The highest BCUT2D eigenvalue weighted by Crippen LogP contribution is 2.15. The highest BCUT2D eigenvalue weighted by molar-refractivity contribution is 5.87. The molecule has 0 saturated heterocycles. The van der Waals surface area contributed by atoms with E-state index >= 15 is 0 Å². The number of hydrogen-bond donors (Lipinski definition) is 1. The maximum atomic E-state index is 11.7. The van der Waals surface area contributed by atoms with Gasteiger partial charge in [-0.3, -0.25) is 0 Å². The molecule has 0 saturated carbocycles. The van der Waals surface area contributed by atoms with Crippen molar-refractivity contribution in [3.05, 3.63) is 29.8 Å². The molecule has 0 spiro atoms. The van der Waals surface area contributed by atoms with Crippen molar-refractivity contribution < 1.29 is 32.5 Å². The van der Waals surface area contributed by atoms with Crippen molar-refractivity contribution in [2.75, 3.05) is 19.8 Å². The Kier molecular flexibility index (Phi) is 4.96. The van der Waals surface area contributed by atoms with Gasteiger partial charge in [0.2, 0.25) is 0 Å². The smallest absolute Gasteiger partial charge is 0.411 e. The first kappa shape index (κ1) is 14.3. The largest absolute Gasteiger partial charge is 0.491 e. The molecule has 0 aliphatic carbocycles. The third-order valence-corrected chi connectivity index (χ3v) is 1.86. The lowest BCUT2D eigenvalue weighted by Gasteiger charge is -2.09. The quantitative estimate of drug-likeness (QED) is 0.801. The van der Waals surface area contributed by atoms with Crippen LogP contribution in [0.1, 0.15) is 10.4 Å². The summed E-state index contributed by atoms with van der Waals surface area (Å²) in [6.45, 7) is -1.54. The molecule has 0 aliphatic rings. The second-order valence-corrected chi connectivity index (χ2v) is 3.35. The lowest BCUT2D eigenvalue weighted by Crippen LogP contribution is -2.19. The molecule has 0 heterocycles. The third-order valence-electron chi connectivity index (χ3n) is 1.86. The SMILES string of the molecule is O=C(O)c1ccc(OCCOCC(F)(F)F)cc1. The van der Waals surface area contributed by atoms with Gasteiger partial charge < -0.3 is 14.6 Å². The van der Waals surface area contributed by atoms with Crippen LogP contribution in [0.5, 0.6) is 5.75 Å². The molecule has 100 valence electrons. The van der Waals surface area contributed by atoms with Gasteiger partial charge in [0.25, 0.3) is 0 Å². The lowest BCUT2D eigenvalue weighted by atomic mass is 10.2. The lowest BCUT2D eigenvalue weighted by molar-refractivity contribution is -0.175. The first-order valence-corrected chi connectivity index (χ1v) is 4.99. The zero-order chi connectivity index (χ0) is 13.6. The van der Waals surface area contributed by atoms with E-state index in [9.17, 15) is 18.0 Å². The van der Waals surface area contributed by atoms with E-state index in [0.717, 1.165) is 0 Å². The van der Waals surface area contributed by atoms with Crippen LogP contribution in [-0.4, -0.2) is 37.1 Å². The zero-order valence-corrected chi connectivity index (χ0v) is 9.24. The fourth-order valence-electron chi connectivity index (χ4n) is 1.10. The molecule has 0 bridgehead atoms. The van der Waals surface area contributed by atoms with Crippen molar-refractivity contribution in [3.63, 3.8) is 0 Å². The van der Waals surface area contributed by atoms with Crippen molar-refractivity contribution in [3.8, 4) is 5.75 Å². The van der Waals surface area contributed by atoms with Gasteiger partial charge in [-0.05, 0) is 24.3 Å². The zero-order valence-electron chi connectivity index (χ0n) is 9.24. The summed E-state index contributed by atoms with van der Waals surface area (Å²) in [6, 6.07) is 5.53. The highest BCUT2D eigenvalue weighted by Gasteiger charge is 2.27. The molecular formula is C11H11F3O4. The van der Waals surface area contributed by atoms with Gasteiger partial charge >= 0.3 is 12.1 Å². The molecule has 0 fully saturated rings. The molecule has 7 heteroatoms. The number of rotatable bonds is 6. The van der Waals surface area contributed by atoms with E-state index in [-0.39, 0.29) is 18.8 Å². The summed E-state index contributed by atoms with van der Waals surface area (Å²) in [7, 11) is 0. The van der Waals surface area contributed by atoms with E-state index in [1.54, 1.807) is 0 Å². The Bertz CT molecular complexity index is 386. The molecule has 0 amide bonds. The van der Waals surface area contributed by atoms with Gasteiger partial charge in [-0.25, -0.2) is 4.79 Å². The fourth-order valence-corrected chi connectivity index (χ4v) is 1.10. The summed E-state index contributed by atoms with van der Waals surface area (Å²) in [5.74, 6) is -0.689. The summed E-state index contributed by atoms with van der Waals surface area (Å²) < 4.78 is 44.5. The van der Waals surface area contributed by atoms with Crippen LogP contribution < -0.4 is 4.74 Å². The molecule has 0 atom stereocenters. The van der Waals surface area contributed by atoms with Crippen LogP contribution in [-0.2, 0) is 4.74 Å². The third kappa shape index (κ3) is 5.53. The Hall–Kier alpha value is -1.76. The Morgan fingerprint density at radius 2 is 1.78 bits per heavy atom. The van der Waals surface area contributed by atoms with Crippen LogP contribution in [0.2, 0.25) is 0 Å². The van der Waals surface area contributed by atoms with Crippen LogP contribution >= 0.6 is 0 Å². The molecule has 0 aromatic heterocycles. The van der Waals surface area contributed by atoms with E-state index in [1.807, 2.05) is 0 Å².